The van der Waals surface area contributed by atoms with E-state index in [4.69, 9.17) is 9.47 Å². The molecular weight excluding hydrogens is 368 g/mol. The van der Waals surface area contributed by atoms with Crippen molar-refractivity contribution >= 4 is 23.2 Å². The number of ether oxygens (including phenoxy) is 2. The fourth-order valence-electron chi connectivity index (χ4n) is 3.19. The van der Waals surface area contributed by atoms with Crippen LogP contribution in [-0.2, 0) is 9.59 Å². The Bertz CT molecular complexity index is 831. The monoisotopic (exact) mass is 396 g/mol. The van der Waals surface area contributed by atoms with Gasteiger partial charge in [0.05, 0.1) is 19.6 Å². The van der Waals surface area contributed by atoms with Crippen LogP contribution in [0, 0.1) is 11.8 Å². The molecule has 29 heavy (non-hydrogen) atoms. The van der Waals surface area contributed by atoms with Crippen LogP contribution in [0.4, 0.5) is 11.4 Å². The van der Waals surface area contributed by atoms with E-state index in [9.17, 15) is 9.59 Å². The number of methoxy groups -OCH3 is 1. The quantitative estimate of drug-likeness (QED) is 0.729. The molecule has 1 atom stereocenters. The summed E-state index contributed by atoms with van der Waals surface area (Å²) in [7, 11) is 1.60. The minimum absolute atomic E-state index is 0.0517. The number of nitrogens with zero attached hydrogens (tertiary/aromatic N) is 1. The van der Waals surface area contributed by atoms with Gasteiger partial charge in [0.25, 0.3) is 0 Å². The molecule has 0 aromatic heterocycles. The van der Waals surface area contributed by atoms with E-state index < -0.39 is 0 Å². The van der Waals surface area contributed by atoms with Crippen molar-refractivity contribution in [1.29, 1.82) is 0 Å². The third kappa shape index (κ3) is 5.50. The topological polar surface area (TPSA) is 67.9 Å². The van der Waals surface area contributed by atoms with E-state index in [1.165, 1.54) is 0 Å². The largest absolute Gasteiger partial charge is 0.497 e. The zero-order valence-electron chi connectivity index (χ0n) is 17.2. The van der Waals surface area contributed by atoms with Crippen molar-refractivity contribution < 1.29 is 19.1 Å². The van der Waals surface area contributed by atoms with Crippen LogP contribution in [0.25, 0.3) is 0 Å². The molecule has 0 aliphatic carbocycles. The summed E-state index contributed by atoms with van der Waals surface area (Å²) in [5.74, 6) is 1.52. The summed E-state index contributed by atoms with van der Waals surface area (Å²) in [6, 6.07) is 14.6. The smallest absolute Gasteiger partial charge is 0.229 e. The Labute approximate surface area is 171 Å². The highest BCUT2D eigenvalue weighted by molar-refractivity contribution is 6.03. The minimum Gasteiger partial charge on any atom is -0.497 e. The lowest BCUT2D eigenvalue weighted by atomic mass is 10.1. The standard InChI is InChI=1S/C23H28N2O4/c1-16(2)12-13-29-21-8-4-18(5-9-21)24-23(27)17-14-22(26)25(15-17)19-6-10-20(28-3)11-7-19/h4-11,16-17H,12-15H2,1-3H3,(H,24,27)/t17-/m0/s1. The Kier molecular flexibility index (Phi) is 6.75. The molecule has 1 N–H and O–H groups in total. The number of hydrogen-bond donors (Lipinski definition) is 1. The highest BCUT2D eigenvalue weighted by Crippen LogP contribution is 2.28. The first-order valence-corrected chi connectivity index (χ1v) is 9.94. The van der Waals surface area contributed by atoms with Gasteiger partial charge in [-0.05, 0) is 60.9 Å². The molecule has 0 bridgehead atoms. The zero-order chi connectivity index (χ0) is 20.8. The molecule has 0 radical (unpaired) electrons. The normalized spacial score (nSPS) is 16.2. The third-order valence-electron chi connectivity index (χ3n) is 4.97. The van der Waals surface area contributed by atoms with Gasteiger partial charge in [0.2, 0.25) is 11.8 Å². The van der Waals surface area contributed by atoms with E-state index in [2.05, 4.69) is 19.2 Å². The van der Waals surface area contributed by atoms with Crippen LogP contribution in [0.15, 0.2) is 48.5 Å². The number of nitrogens with one attached hydrogen (secondary N) is 1. The molecule has 1 aliphatic heterocycles. The average Bonchev–Trinajstić information content (AvgIpc) is 3.11. The maximum atomic E-state index is 12.6. The number of hydrogen-bond acceptors (Lipinski definition) is 4. The van der Waals surface area contributed by atoms with Crippen molar-refractivity contribution in [3.63, 3.8) is 0 Å². The summed E-state index contributed by atoms with van der Waals surface area (Å²) in [5, 5.41) is 2.90. The maximum absolute atomic E-state index is 12.6. The Hall–Kier alpha value is -3.02. The fraction of sp³-hybridized carbons (Fsp3) is 0.391. The second kappa shape index (κ2) is 9.45. The van der Waals surface area contributed by atoms with E-state index in [0.717, 1.165) is 23.6 Å². The van der Waals surface area contributed by atoms with Crippen LogP contribution in [0.5, 0.6) is 11.5 Å². The van der Waals surface area contributed by atoms with Gasteiger partial charge in [0, 0.05) is 24.3 Å². The van der Waals surface area contributed by atoms with Gasteiger partial charge in [-0.25, -0.2) is 0 Å². The van der Waals surface area contributed by atoms with Crippen molar-refractivity contribution in [3.05, 3.63) is 48.5 Å². The van der Waals surface area contributed by atoms with Crippen LogP contribution in [0.2, 0.25) is 0 Å². The van der Waals surface area contributed by atoms with E-state index in [-0.39, 0.29) is 24.2 Å². The number of benzene rings is 2. The van der Waals surface area contributed by atoms with Gasteiger partial charge in [-0.2, -0.15) is 0 Å². The second-order valence-corrected chi connectivity index (χ2v) is 7.65. The Balaban J connectivity index is 1.54. The van der Waals surface area contributed by atoms with Crippen molar-refractivity contribution in [2.75, 3.05) is 30.5 Å². The zero-order valence-corrected chi connectivity index (χ0v) is 17.2. The van der Waals surface area contributed by atoms with E-state index in [1.54, 1.807) is 24.1 Å². The summed E-state index contributed by atoms with van der Waals surface area (Å²) in [6.45, 7) is 5.36. The predicted molar refractivity (Wildman–Crippen MR) is 113 cm³/mol. The lowest BCUT2D eigenvalue weighted by molar-refractivity contribution is -0.122. The molecule has 1 heterocycles. The van der Waals surface area contributed by atoms with Crippen LogP contribution >= 0.6 is 0 Å². The maximum Gasteiger partial charge on any atom is 0.229 e. The number of amides is 2. The molecule has 154 valence electrons. The minimum atomic E-state index is -0.383. The molecule has 1 fully saturated rings. The first kappa shape index (κ1) is 20.7. The van der Waals surface area contributed by atoms with Crippen LogP contribution in [0.1, 0.15) is 26.7 Å². The average molecular weight is 396 g/mol. The summed E-state index contributed by atoms with van der Waals surface area (Å²) < 4.78 is 10.8. The molecule has 0 unspecified atom stereocenters. The first-order chi connectivity index (χ1) is 14.0. The van der Waals surface area contributed by atoms with Gasteiger partial charge in [-0.3, -0.25) is 9.59 Å². The molecule has 3 rings (SSSR count). The Morgan fingerprint density at radius 2 is 1.76 bits per heavy atom. The molecule has 1 saturated heterocycles. The number of anilines is 2. The van der Waals surface area contributed by atoms with Gasteiger partial charge in [0.1, 0.15) is 11.5 Å². The SMILES string of the molecule is COc1ccc(N2C[C@@H](C(=O)Nc3ccc(OCCC(C)C)cc3)CC2=O)cc1. The number of rotatable bonds is 8. The summed E-state index contributed by atoms with van der Waals surface area (Å²) in [5.41, 5.74) is 1.47. The first-order valence-electron chi connectivity index (χ1n) is 9.94. The summed E-state index contributed by atoms with van der Waals surface area (Å²) in [4.78, 5) is 26.7. The van der Waals surface area contributed by atoms with E-state index in [0.29, 0.717) is 24.8 Å². The van der Waals surface area contributed by atoms with Gasteiger partial charge in [-0.1, -0.05) is 13.8 Å². The number of carbonyl (C=O) groups is 2. The van der Waals surface area contributed by atoms with Crippen molar-refractivity contribution in [2.24, 2.45) is 11.8 Å². The molecular formula is C23H28N2O4. The molecule has 2 amide bonds. The summed E-state index contributed by atoms with van der Waals surface area (Å²) >= 11 is 0. The van der Waals surface area contributed by atoms with Crippen LogP contribution in [-0.4, -0.2) is 32.1 Å². The Morgan fingerprint density at radius 1 is 1.10 bits per heavy atom. The fourth-order valence-corrected chi connectivity index (χ4v) is 3.19. The van der Waals surface area contributed by atoms with Crippen molar-refractivity contribution in [3.8, 4) is 11.5 Å². The van der Waals surface area contributed by atoms with E-state index >= 15 is 0 Å². The third-order valence-corrected chi connectivity index (χ3v) is 4.97. The lowest BCUT2D eigenvalue weighted by Gasteiger charge is -2.17. The molecule has 2 aromatic carbocycles. The Morgan fingerprint density at radius 3 is 2.38 bits per heavy atom. The molecule has 6 heteroatoms. The molecule has 0 spiro atoms. The molecule has 0 saturated carbocycles. The van der Waals surface area contributed by atoms with Gasteiger partial charge in [-0.15, -0.1) is 0 Å². The predicted octanol–water partition coefficient (Wildman–Crippen LogP) is 4.11. The van der Waals surface area contributed by atoms with Crippen molar-refractivity contribution in [2.45, 2.75) is 26.7 Å². The van der Waals surface area contributed by atoms with E-state index in [1.807, 2.05) is 36.4 Å². The lowest BCUT2D eigenvalue weighted by Crippen LogP contribution is -2.28. The number of carbonyl (C=O) groups excluding carboxylic acids is 2. The highest BCUT2D eigenvalue weighted by Gasteiger charge is 2.35. The van der Waals surface area contributed by atoms with Gasteiger partial charge >= 0.3 is 0 Å². The van der Waals surface area contributed by atoms with Gasteiger partial charge < -0.3 is 19.7 Å². The molecule has 6 nitrogen and oxygen atoms in total. The van der Waals surface area contributed by atoms with Crippen LogP contribution < -0.4 is 19.7 Å². The van der Waals surface area contributed by atoms with Crippen LogP contribution in [0.3, 0.4) is 0 Å². The molecule has 2 aromatic rings. The highest BCUT2D eigenvalue weighted by atomic mass is 16.5. The second-order valence-electron chi connectivity index (χ2n) is 7.65. The summed E-state index contributed by atoms with van der Waals surface area (Å²) in [6.07, 6.45) is 1.20. The molecule has 1 aliphatic rings. The van der Waals surface area contributed by atoms with Gasteiger partial charge in [0.15, 0.2) is 0 Å². The van der Waals surface area contributed by atoms with Crippen molar-refractivity contribution in [1.82, 2.24) is 0 Å².